The summed E-state index contributed by atoms with van der Waals surface area (Å²) >= 11 is 0. The van der Waals surface area contributed by atoms with Crippen molar-refractivity contribution in [1.82, 2.24) is 0 Å². The van der Waals surface area contributed by atoms with Crippen LogP contribution in [-0.2, 0) is 27.1 Å². The maximum Gasteiger partial charge on any atom is 0.252 e. The molecule has 8 rings (SSSR count). The summed E-state index contributed by atoms with van der Waals surface area (Å²) in [5.41, 5.74) is 21.9. The summed E-state index contributed by atoms with van der Waals surface area (Å²) in [5, 5.41) is 0. The predicted octanol–water partition coefficient (Wildman–Crippen LogP) is 12.6. The fraction of sp³-hybridized carbons (Fsp3) is 0.423. The maximum absolute atomic E-state index is 2.67. The third kappa shape index (κ3) is 6.16. The van der Waals surface area contributed by atoms with E-state index in [4.69, 9.17) is 0 Å². The van der Waals surface area contributed by atoms with Crippen LogP contribution in [0, 0.1) is 13.8 Å². The lowest BCUT2D eigenvalue weighted by molar-refractivity contribution is 0.332. The van der Waals surface area contributed by atoms with Crippen LogP contribution in [-0.4, -0.2) is 6.71 Å². The van der Waals surface area contributed by atoms with Gasteiger partial charge in [0.25, 0.3) is 6.71 Å². The molecule has 3 heteroatoms. The Morgan fingerprint density at radius 3 is 1.47 bits per heavy atom. The number of hydrogen-bond acceptors (Lipinski definition) is 2. The second-order valence-electron chi connectivity index (χ2n) is 21.7. The van der Waals surface area contributed by atoms with Gasteiger partial charge in [-0.3, -0.25) is 0 Å². The molecule has 0 amide bonds. The molecular formula is C52H63BN2. The molecule has 0 atom stereocenters. The summed E-state index contributed by atoms with van der Waals surface area (Å²) < 4.78 is 0. The van der Waals surface area contributed by atoms with Gasteiger partial charge in [0.05, 0.1) is 0 Å². The van der Waals surface area contributed by atoms with Gasteiger partial charge in [0.2, 0.25) is 0 Å². The Labute approximate surface area is 333 Å². The van der Waals surface area contributed by atoms with Crippen LogP contribution in [0.5, 0.6) is 0 Å². The highest BCUT2D eigenvalue weighted by molar-refractivity contribution is 7.00. The van der Waals surface area contributed by atoms with Crippen LogP contribution < -0.4 is 26.2 Å². The highest BCUT2D eigenvalue weighted by Crippen LogP contribution is 2.51. The lowest BCUT2D eigenvalue weighted by atomic mass is 9.33. The summed E-state index contributed by atoms with van der Waals surface area (Å²) in [4.78, 5) is 5.23. The van der Waals surface area contributed by atoms with E-state index in [2.05, 4.69) is 199 Å². The topological polar surface area (TPSA) is 6.48 Å². The number of nitrogens with zero attached hydrogens (tertiary/aromatic N) is 2. The van der Waals surface area contributed by atoms with E-state index in [-0.39, 0.29) is 33.8 Å². The molecule has 2 aliphatic heterocycles. The van der Waals surface area contributed by atoms with Gasteiger partial charge in [-0.05, 0) is 152 Å². The molecule has 0 bridgehead atoms. The van der Waals surface area contributed by atoms with Gasteiger partial charge in [-0.2, -0.15) is 0 Å². The van der Waals surface area contributed by atoms with E-state index in [1.165, 1.54) is 102 Å². The van der Waals surface area contributed by atoms with Crippen molar-refractivity contribution in [1.29, 1.82) is 0 Å². The van der Waals surface area contributed by atoms with E-state index in [1.807, 2.05) is 0 Å². The number of hydrogen-bond donors (Lipinski definition) is 0. The van der Waals surface area contributed by atoms with Crippen molar-refractivity contribution in [3.05, 3.63) is 124 Å². The van der Waals surface area contributed by atoms with Crippen molar-refractivity contribution in [3.8, 4) is 0 Å². The van der Waals surface area contributed by atoms with Crippen LogP contribution in [0.4, 0.5) is 34.1 Å². The molecule has 1 aliphatic carbocycles. The first-order chi connectivity index (χ1) is 25.5. The van der Waals surface area contributed by atoms with Gasteiger partial charge >= 0.3 is 0 Å². The summed E-state index contributed by atoms with van der Waals surface area (Å²) in [7, 11) is 0. The number of fused-ring (bicyclic) bond motifs is 5. The van der Waals surface area contributed by atoms with Crippen LogP contribution in [0.1, 0.15) is 142 Å². The monoisotopic (exact) mass is 727 g/mol. The number of aryl methyl sites for hydroxylation is 2. The Morgan fingerprint density at radius 1 is 0.455 bits per heavy atom. The fourth-order valence-electron chi connectivity index (χ4n) is 9.59. The van der Waals surface area contributed by atoms with E-state index < -0.39 is 0 Å². The molecule has 0 unspecified atom stereocenters. The standard InChI is InChI=1S/C52H63BN2/c1-32-16-21-43-41(24-32)53-42-30-39-40(52(14,15)23-22-51(39,12)13)31-44(42)55(38-28-35(49(6,7)8)27-36(29-38)50(9,10)11)46-26-33(2)25-45(47(46)53)54(43)37-19-17-34(18-20-37)48(3,4)5/h16-21,24-31H,22-23H2,1-15H3. The van der Waals surface area contributed by atoms with Crippen LogP contribution in [0.3, 0.4) is 0 Å². The van der Waals surface area contributed by atoms with Crippen molar-refractivity contribution < 1.29 is 0 Å². The smallest absolute Gasteiger partial charge is 0.252 e. The van der Waals surface area contributed by atoms with Crippen LogP contribution >= 0.6 is 0 Å². The van der Waals surface area contributed by atoms with Gasteiger partial charge in [-0.25, -0.2) is 0 Å². The minimum absolute atomic E-state index is 0.00244. The molecule has 0 radical (unpaired) electrons. The Balaban J connectivity index is 1.51. The molecule has 0 saturated carbocycles. The first-order valence-electron chi connectivity index (χ1n) is 20.8. The number of rotatable bonds is 2. The molecule has 5 aromatic rings. The second-order valence-corrected chi connectivity index (χ2v) is 21.7. The van der Waals surface area contributed by atoms with Crippen LogP contribution in [0.2, 0.25) is 0 Å². The Bertz CT molecular complexity index is 2320. The summed E-state index contributed by atoms with van der Waals surface area (Å²) in [5.74, 6) is 0. The molecule has 0 spiro atoms. The van der Waals surface area contributed by atoms with E-state index in [0.29, 0.717) is 0 Å². The Hall–Kier alpha value is -4.24. The maximum atomic E-state index is 2.67. The third-order valence-corrected chi connectivity index (χ3v) is 13.2. The van der Waals surface area contributed by atoms with Crippen molar-refractivity contribution in [2.24, 2.45) is 0 Å². The first-order valence-corrected chi connectivity index (χ1v) is 20.8. The van der Waals surface area contributed by atoms with Gasteiger partial charge in [-0.15, -0.1) is 0 Å². The molecule has 0 fully saturated rings. The van der Waals surface area contributed by atoms with Crippen LogP contribution in [0.15, 0.2) is 84.9 Å². The van der Waals surface area contributed by atoms with Gasteiger partial charge in [0.15, 0.2) is 0 Å². The largest absolute Gasteiger partial charge is 0.311 e. The molecule has 2 nitrogen and oxygen atoms in total. The summed E-state index contributed by atoms with van der Waals surface area (Å²) in [6.07, 6.45) is 2.38. The molecule has 0 saturated heterocycles. The Morgan fingerprint density at radius 2 is 0.945 bits per heavy atom. The number of anilines is 6. The highest BCUT2D eigenvalue weighted by Gasteiger charge is 2.46. The molecule has 0 N–H and O–H groups in total. The SMILES string of the molecule is Cc1ccc2c(c1)B1c3cc4c(cc3N(c3cc(C(C)(C)C)cc(C(C)(C)C)c3)c3cc(C)cc(c31)N2c1ccc(C(C)(C)C)cc1)C(C)(C)CCC4(C)C. The second kappa shape index (κ2) is 12.1. The van der Waals surface area contributed by atoms with Gasteiger partial charge in [0.1, 0.15) is 0 Å². The van der Waals surface area contributed by atoms with Crippen molar-refractivity contribution in [3.63, 3.8) is 0 Å². The molecule has 3 aliphatic rings. The fourth-order valence-corrected chi connectivity index (χ4v) is 9.59. The average molecular weight is 727 g/mol. The van der Waals surface area contributed by atoms with E-state index in [1.54, 1.807) is 0 Å². The lowest BCUT2D eigenvalue weighted by Crippen LogP contribution is -2.62. The van der Waals surface area contributed by atoms with Crippen molar-refractivity contribution in [2.75, 3.05) is 9.80 Å². The first kappa shape index (κ1) is 37.7. The Kier molecular flexibility index (Phi) is 8.31. The van der Waals surface area contributed by atoms with Crippen molar-refractivity contribution in [2.45, 2.75) is 144 Å². The van der Waals surface area contributed by atoms with Crippen molar-refractivity contribution >= 4 is 57.2 Å². The summed E-state index contributed by atoms with van der Waals surface area (Å²) in [6, 6.07) is 34.2. The zero-order valence-corrected chi connectivity index (χ0v) is 36.5. The quantitative estimate of drug-likeness (QED) is 0.164. The van der Waals surface area contributed by atoms with E-state index >= 15 is 0 Å². The molecule has 5 aromatic carbocycles. The molecular weight excluding hydrogens is 663 g/mol. The van der Waals surface area contributed by atoms with Gasteiger partial charge in [0, 0.05) is 34.1 Å². The minimum atomic E-state index is -0.00244. The van der Waals surface area contributed by atoms with E-state index in [0.717, 1.165) is 0 Å². The molecule has 284 valence electrons. The predicted molar refractivity (Wildman–Crippen MR) is 241 cm³/mol. The third-order valence-electron chi connectivity index (χ3n) is 13.2. The van der Waals surface area contributed by atoms with E-state index in [9.17, 15) is 0 Å². The summed E-state index contributed by atoms with van der Waals surface area (Å²) in [6.45, 7) is 35.6. The highest BCUT2D eigenvalue weighted by atomic mass is 15.2. The van der Waals surface area contributed by atoms with Crippen LogP contribution in [0.25, 0.3) is 0 Å². The average Bonchev–Trinajstić information content (AvgIpc) is 3.08. The normalized spacial score (nSPS) is 17.0. The molecule has 2 heterocycles. The zero-order valence-electron chi connectivity index (χ0n) is 36.5. The molecule has 0 aromatic heterocycles. The van der Waals surface area contributed by atoms with Gasteiger partial charge in [-0.1, -0.05) is 132 Å². The van der Waals surface area contributed by atoms with Gasteiger partial charge < -0.3 is 9.80 Å². The zero-order chi connectivity index (χ0) is 39.8. The lowest BCUT2D eigenvalue weighted by Gasteiger charge is -2.47. The number of benzene rings is 5. The minimum Gasteiger partial charge on any atom is -0.311 e. The molecule has 55 heavy (non-hydrogen) atoms.